The first kappa shape index (κ1) is 12.4. The van der Waals surface area contributed by atoms with Crippen molar-refractivity contribution in [2.24, 2.45) is 0 Å². The van der Waals surface area contributed by atoms with Crippen LogP contribution in [0.4, 0.5) is 0 Å². The molecule has 0 rings (SSSR count). The van der Waals surface area contributed by atoms with E-state index in [2.05, 4.69) is 30.4 Å². The van der Waals surface area contributed by atoms with Gasteiger partial charge in [-0.05, 0) is 26.4 Å². The Bertz CT molecular complexity index is 132. The van der Waals surface area contributed by atoms with Crippen LogP contribution in [0, 0.1) is 0 Å². The first-order chi connectivity index (χ1) is 6.31. The smallest absolute Gasteiger partial charge is 0.0132 e. The van der Waals surface area contributed by atoms with Crippen LogP contribution >= 0.6 is 0 Å². The third-order valence-corrected chi connectivity index (χ3v) is 1.91. The van der Waals surface area contributed by atoms with E-state index in [1.54, 1.807) is 0 Å². The number of rotatable bonds is 9. The van der Waals surface area contributed by atoms with Crippen molar-refractivity contribution < 1.29 is 0 Å². The molecule has 2 heteroatoms. The van der Waals surface area contributed by atoms with Crippen LogP contribution in [0.15, 0.2) is 25.3 Å². The Hall–Kier alpha value is -0.600. The molecule has 0 saturated heterocycles. The molecule has 0 fully saturated rings. The largest absolute Gasteiger partial charge is 0.312 e. The lowest BCUT2D eigenvalue weighted by molar-refractivity contribution is 0.330. The summed E-state index contributed by atoms with van der Waals surface area (Å²) >= 11 is 0. The molecular weight excluding hydrogens is 160 g/mol. The minimum Gasteiger partial charge on any atom is -0.312 e. The maximum Gasteiger partial charge on any atom is 0.0132 e. The van der Waals surface area contributed by atoms with Gasteiger partial charge in [-0.2, -0.15) is 0 Å². The highest BCUT2D eigenvalue weighted by atomic mass is 15.1. The molecule has 0 amide bonds. The van der Waals surface area contributed by atoms with Crippen LogP contribution in [-0.4, -0.2) is 38.1 Å². The van der Waals surface area contributed by atoms with Crippen LogP contribution in [0.1, 0.15) is 12.8 Å². The SMILES string of the molecule is C=CCCCN(C)CCNCC=C. The summed E-state index contributed by atoms with van der Waals surface area (Å²) in [6.45, 7) is 11.6. The lowest BCUT2D eigenvalue weighted by Crippen LogP contribution is -2.29. The quantitative estimate of drug-likeness (QED) is 0.431. The van der Waals surface area contributed by atoms with E-state index in [9.17, 15) is 0 Å². The molecule has 0 bridgehead atoms. The number of hydrogen-bond donors (Lipinski definition) is 1. The van der Waals surface area contributed by atoms with E-state index in [1.165, 1.54) is 6.42 Å². The van der Waals surface area contributed by atoms with Gasteiger partial charge in [-0.3, -0.25) is 0 Å². The fourth-order valence-electron chi connectivity index (χ4n) is 1.09. The van der Waals surface area contributed by atoms with E-state index < -0.39 is 0 Å². The van der Waals surface area contributed by atoms with Crippen LogP contribution in [0.3, 0.4) is 0 Å². The minimum absolute atomic E-state index is 0.903. The van der Waals surface area contributed by atoms with Gasteiger partial charge in [0.1, 0.15) is 0 Å². The molecule has 0 saturated carbocycles. The van der Waals surface area contributed by atoms with Gasteiger partial charge < -0.3 is 10.2 Å². The monoisotopic (exact) mass is 182 g/mol. The van der Waals surface area contributed by atoms with Gasteiger partial charge in [0, 0.05) is 19.6 Å². The van der Waals surface area contributed by atoms with Crippen LogP contribution < -0.4 is 5.32 Å². The first-order valence-electron chi connectivity index (χ1n) is 4.92. The highest BCUT2D eigenvalue weighted by Gasteiger charge is 1.95. The van der Waals surface area contributed by atoms with Crippen molar-refractivity contribution in [2.45, 2.75) is 12.8 Å². The number of unbranched alkanes of at least 4 members (excludes halogenated alkanes) is 1. The molecule has 0 aromatic rings. The molecule has 0 aliphatic rings. The molecule has 0 spiro atoms. The predicted molar refractivity (Wildman–Crippen MR) is 60.0 cm³/mol. The Balaban J connectivity index is 3.14. The molecule has 0 heterocycles. The normalized spacial score (nSPS) is 10.3. The second kappa shape index (κ2) is 9.49. The fraction of sp³-hybridized carbons (Fsp3) is 0.636. The summed E-state index contributed by atoms with van der Waals surface area (Å²) in [4.78, 5) is 2.33. The number of likely N-dealkylation sites (N-methyl/N-ethyl adjacent to an activating group) is 1. The minimum atomic E-state index is 0.903. The summed E-state index contributed by atoms with van der Waals surface area (Å²) in [7, 11) is 2.15. The average molecular weight is 182 g/mol. The Labute approximate surface area is 82.3 Å². The molecule has 0 aliphatic carbocycles. The van der Waals surface area contributed by atoms with Gasteiger partial charge >= 0.3 is 0 Å². The molecule has 0 atom stereocenters. The van der Waals surface area contributed by atoms with Gasteiger partial charge in [-0.25, -0.2) is 0 Å². The van der Waals surface area contributed by atoms with Gasteiger partial charge in [-0.1, -0.05) is 12.2 Å². The zero-order valence-electron chi connectivity index (χ0n) is 8.76. The van der Waals surface area contributed by atoms with Crippen molar-refractivity contribution in [3.05, 3.63) is 25.3 Å². The van der Waals surface area contributed by atoms with Crippen molar-refractivity contribution in [3.8, 4) is 0 Å². The third-order valence-electron chi connectivity index (χ3n) is 1.91. The third kappa shape index (κ3) is 9.31. The first-order valence-corrected chi connectivity index (χ1v) is 4.92. The molecule has 0 radical (unpaired) electrons. The van der Waals surface area contributed by atoms with E-state index in [4.69, 9.17) is 0 Å². The Kier molecular flexibility index (Phi) is 9.05. The number of nitrogens with one attached hydrogen (secondary N) is 1. The van der Waals surface area contributed by atoms with E-state index in [0.717, 1.165) is 32.6 Å². The molecule has 0 aromatic heterocycles. The Morgan fingerprint density at radius 3 is 2.62 bits per heavy atom. The highest BCUT2D eigenvalue weighted by molar-refractivity contribution is 4.70. The average Bonchev–Trinajstić information content (AvgIpc) is 2.13. The zero-order valence-corrected chi connectivity index (χ0v) is 8.76. The summed E-state index contributed by atoms with van der Waals surface area (Å²) in [5.41, 5.74) is 0. The molecule has 0 aromatic carbocycles. The van der Waals surface area contributed by atoms with Crippen molar-refractivity contribution in [3.63, 3.8) is 0 Å². The zero-order chi connectivity index (χ0) is 9.94. The molecule has 0 unspecified atom stereocenters. The van der Waals surface area contributed by atoms with Gasteiger partial charge in [0.15, 0.2) is 0 Å². The second-order valence-corrected chi connectivity index (χ2v) is 3.23. The number of hydrogen-bond acceptors (Lipinski definition) is 2. The summed E-state index contributed by atoms with van der Waals surface area (Å²) < 4.78 is 0. The number of nitrogens with zero attached hydrogens (tertiary/aromatic N) is 1. The summed E-state index contributed by atoms with van der Waals surface area (Å²) in [6, 6.07) is 0. The van der Waals surface area contributed by atoms with E-state index in [0.29, 0.717) is 0 Å². The van der Waals surface area contributed by atoms with Gasteiger partial charge in [0.05, 0.1) is 0 Å². The van der Waals surface area contributed by atoms with Crippen LogP contribution in [-0.2, 0) is 0 Å². The van der Waals surface area contributed by atoms with E-state index in [1.807, 2.05) is 12.2 Å². The van der Waals surface area contributed by atoms with Crippen molar-refractivity contribution in [1.29, 1.82) is 0 Å². The van der Waals surface area contributed by atoms with E-state index in [-0.39, 0.29) is 0 Å². The lowest BCUT2D eigenvalue weighted by atomic mass is 10.3. The van der Waals surface area contributed by atoms with Gasteiger partial charge in [0.2, 0.25) is 0 Å². The van der Waals surface area contributed by atoms with E-state index >= 15 is 0 Å². The summed E-state index contributed by atoms with van der Waals surface area (Å²) in [5.74, 6) is 0. The van der Waals surface area contributed by atoms with Crippen molar-refractivity contribution >= 4 is 0 Å². The van der Waals surface area contributed by atoms with Gasteiger partial charge in [0.25, 0.3) is 0 Å². The van der Waals surface area contributed by atoms with Crippen LogP contribution in [0.2, 0.25) is 0 Å². The molecule has 76 valence electrons. The second-order valence-electron chi connectivity index (χ2n) is 3.23. The predicted octanol–water partition coefficient (Wildman–Crippen LogP) is 1.66. The van der Waals surface area contributed by atoms with Crippen molar-refractivity contribution in [1.82, 2.24) is 10.2 Å². The molecule has 1 N–H and O–H groups in total. The highest BCUT2D eigenvalue weighted by Crippen LogP contribution is 1.91. The topological polar surface area (TPSA) is 15.3 Å². The van der Waals surface area contributed by atoms with Crippen LogP contribution in [0.25, 0.3) is 0 Å². The molecule has 13 heavy (non-hydrogen) atoms. The van der Waals surface area contributed by atoms with Crippen LogP contribution in [0.5, 0.6) is 0 Å². The Morgan fingerprint density at radius 2 is 2.00 bits per heavy atom. The fourth-order valence-corrected chi connectivity index (χ4v) is 1.09. The lowest BCUT2D eigenvalue weighted by Gasteiger charge is -2.15. The van der Waals surface area contributed by atoms with Crippen molar-refractivity contribution in [2.75, 3.05) is 33.2 Å². The Morgan fingerprint density at radius 1 is 1.23 bits per heavy atom. The maximum atomic E-state index is 3.70. The molecule has 0 aliphatic heterocycles. The summed E-state index contributed by atoms with van der Waals surface area (Å²) in [5, 5.41) is 3.28. The molecule has 2 nitrogen and oxygen atoms in total. The standard InChI is InChI=1S/C11H22N2/c1-4-6-7-10-13(3)11-9-12-8-5-2/h4-5,12H,1-2,6-11H2,3H3. The summed E-state index contributed by atoms with van der Waals surface area (Å²) in [6.07, 6.45) is 6.19. The maximum absolute atomic E-state index is 3.70. The number of allylic oxidation sites excluding steroid dienone is 1. The molecular formula is C11H22N2. The van der Waals surface area contributed by atoms with Gasteiger partial charge in [-0.15, -0.1) is 13.2 Å².